The number of amides is 3. The second kappa shape index (κ2) is 7.59. The number of benzene rings is 2. The molecule has 0 fully saturated rings. The summed E-state index contributed by atoms with van der Waals surface area (Å²) >= 11 is 6.28. The van der Waals surface area contributed by atoms with E-state index < -0.39 is 18.0 Å². The quantitative estimate of drug-likeness (QED) is 0.631. The number of halogens is 1. The van der Waals surface area contributed by atoms with Gasteiger partial charge in [-0.2, -0.15) is 0 Å². The number of carbonyl (C=O) groups is 2. The minimum atomic E-state index is -0.904. The van der Waals surface area contributed by atoms with E-state index in [0.717, 1.165) is 0 Å². The third-order valence-electron chi connectivity index (χ3n) is 4.09. The monoisotopic (exact) mass is 387 g/mol. The molecule has 0 aliphatic carbocycles. The fourth-order valence-corrected chi connectivity index (χ4v) is 3.21. The van der Waals surface area contributed by atoms with Crippen molar-refractivity contribution in [3.05, 3.63) is 64.2 Å². The van der Waals surface area contributed by atoms with Crippen molar-refractivity contribution < 1.29 is 19.4 Å². The molecule has 27 heavy (non-hydrogen) atoms. The SMILES string of the molecule is CCOc1cc([C@@H]2NC(=O)NC(c3ccccc3)=C2C(N)=O)c(Cl)cc1O. The molecule has 2 aromatic carbocycles. The number of aromatic hydroxyl groups is 1. The van der Waals surface area contributed by atoms with Crippen LogP contribution < -0.4 is 21.1 Å². The second-order valence-corrected chi connectivity index (χ2v) is 6.23. The van der Waals surface area contributed by atoms with Crippen molar-refractivity contribution in [1.29, 1.82) is 0 Å². The fraction of sp³-hybridized carbons (Fsp3) is 0.158. The van der Waals surface area contributed by atoms with Gasteiger partial charge in [0.05, 0.1) is 28.9 Å². The van der Waals surface area contributed by atoms with E-state index in [9.17, 15) is 14.7 Å². The Morgan fingerprint density at radius 3 is 2.63 bits per heavy atom. The van der Waals surface area contributed by atoms with Crippen molar-refractivity contribution in [2.45, 2.75) is 13.0 Å². The smallest absolute Gasteiger partial charge is 0.320 e. The molecular formula is C19H18ClN3O4. The maximum atomic E-state index is 12.3. The number of hydrogen-bond donors (Lipinski definition) is 4. The average Bonchev–Trinajstić information content (AvgIpc) is 2.63. The molecule has 2 aromatic rings. The zero-order valence-electron chi connectivity index (χ0n) is 14.5. The van der Waals surface area contributed by atoms with Crippen LogP contribution in [0.2, 0.25) is 5.02 Å². The Morgan fingerprint density at radius 2 is 2.00 bits per heavy atom. The molecule has 0 unspecified atom stereocenters. The van der Waals surface area contributed by atoms with Gasteiger partial charge in [-0.15, -0.1) is 0 Å². The first-order chi connectivity index (χ1) is 12.9. The molecule has 3 amide bonds. The minimum absolute atomic E-state index is 0.140. The Hall–Kier alpha value is -3.19. The summed E-state index contributed by atoms with van der Waals surface area (Å²) < 4.78 is 5.39. The number of nitrogens with one attached hydrogen (secondary N) is 2. The Bertz CT molecular complexity index is 928. The molecule has 0 bridgehead atoms. The summed E-state index contributed by atoms with van der Waals surface area (Å²) in [5.74, 6) is -0.665. The number of phenolic OH excluding ortho intramolecular Hbond substituents is 1. The minimum Gasteiger partial charge on any atom is -0.504 e. The topological polar surface area (TPSA) is 114 Å². The molecule has 140 valence electrons. The van der Waals surface area contributed by atoms with Crippen LogP contribution in [0.15, 0.2) is 48.0 Å². The summed E-state index contributed by atoms with van der Waals surface area (Å²) in [5, 5.41) is 15.5. The van der Waals surface area contributed by atoms with Crippen LogP contribution in [0.4, 0.5) is 4.79 Å². The fourth-order valence-electron chi connectivity index (χ4n) is 2.95. The first-order valence-electron chi connectivity index (χ1n) is 8.24. The summed E-state index contributed by atoms with van der Waals surface area (Å²) in [5.41, 5.74) is 7.10. The highest BCUT2D eigenvalue weighted by Gasteiger charge is 2.34. The lowest BCUT2D eigenvalue weighted by molar-refractivity contribution is -0.114. The van der Waals surface area contributed by atoms with E-state index in [1.807, 2.05) is 6.07 Å². The van der Waals surface area contributed by atoms with Gasteiger partial charge in [-0.05, 0) is 18.6 Å². The summed E-state index contributed by atoms with van der Waals surface area (Å²) in [6, 6.07) is 10.3. The number of rotatable bonds is 5. The maximum absolute atomic E-state index is 12.3. The molecular weight excluding hydrogens is 370 g/mol. The Labute approximate surface area is 160 Å². The molecule has 0 aromatic heterocycles. The zero-order valence-corrected chi connectivity index (χ0v) is 15.2. The number of phenols is 1. The van der Waals surface area contributed by atoms with E-state index in [4.69, 9.17) is 22.1 Å². The van der Waals surface area contributed by atoms with Crippen LogP contribution in [-0.2, 0) is 4.79 Å². The van der Waals surface area contributed by atoms with E-state index in [1.165, 1.54) is 12.1 Å². The molecule has 0 spiro atoms. The van der Waals surface area contributed by atoms with Crippen molar-refractivity contribution in [3.63, 3.8) is 0 Å². The average molecular weight is 388 g/mol. The molecule has 3 rings (SSSR count). The van der Waals surface area contributed by atoms with Gasteiger partial charge >= 0.3 is 6.03 Å². The van der Waals surface area contributed by atoms with Crippen LogP contribution in [-0.4, -0.2) is 23.7 Å². The molecule has 1 atom stereocenters. The number of nitrogens with two attached hydrogens (primary N) is 1. The van der Waals surface area contributed by atoms with Gasteiger partial charge in [0, 0.05) is 11.6 Å². The molecule has 0 radical (unpaired) electrons. The van der Waals surface area contributed by atoms with Gasteiger partial charge in [0.25, 0.3) is 0 Å². The van der Waals surface area contributed by atoms with Crippen LogP contribution in [0.1, 0.15) is 24.1 Å². The van der Waals surface area contributed by atoms with Crippen LogP contribution in [0.25, 0.3) is 5.70 Å². The van der Waals surface area contributed by atoms with E-state index in [1.54, 1.807) is 31.2 Å². The number of urea groups is 1. The maximum Gasteiger partial charge on any atom is 0.320 e. The molecule has 1 heterocycles. The van der Waals surface area contributed by atoms with Gasteiger partial charge in [0.2, 0.25) is 5.91 Å². The second-order valence-electron chi connectivity index (χ2n) is 5.82. The standard InChI is InChI=1S/C19H18ClN3O4/c1-2-27-14-8-11(12(20)9-13(14)24)17-15(18(21)25)16(22-19(26)23-17)10-6-4-3-5-7-10/h3-9,17,24H,2H2,1H3,(H2,21,25)(H2,22,23,26)/t17-/m0/s1. The van der Waals surface area contributed by atoms with Gasteiger partial charge < -0.3 is 26.2 Å². The Balaban J connectivity index is 2.20. The van der Waals surface area contributed by atoms with Crippen LogP contribution in [0.3, 0.4) is 0 Å². The van der Waals surface area contributed by atoms with Gasteiger partial charge in [-0.25, -0.2) is 4.79 Å². The molecule has 1 aliphatic rings. The van der Waals surface area contributed by atoms with Crippen molar-refractivity contribution in [2.24, 2.45) is 5.73 Å². The third-order valence-corrected chi connectivity index (χ3v) is 4.42. The Kier molecular flexibility index (Phi) is 5.23. The number of hydrogen-bond acceptors (Lipinski definition) is 4. The molecule has 1 aliphatic heterocycles. The molecule has 0 saturated heterocycles. The number of carbonyl (C=O) groups excluding carboxylic acids is 2. The van der Waals surface area contributed by atoms with Crippen LogP contribution >= 0.6 is 11.6 Å². The lowest BCUT2D eigenvalue weighted by Gasteiger charge is -2.30. The van der Waals surface area contributed by atoms with Crippen molar-refractivity contribution in [2.75, 3.05) is 6.61 Å². The highest BCUT2D eigenvalue weighted by atomic mass is 35.5. The summed E-state index contributed by atoms with van der Waals surface area (Å²) in [6.07, 6.45) is 0. The normalized spacial score (nSPS) is 16.5. The summed E-state index contributed by atoms with van der Waals surface area (Å²) in [6.45, 7) is 2.09. The number of primary amides is 1. The van der Waals surface area contributed by atoms with E-state index in [-0.39, 0.29) is 22.1 Å². The van der Waals surface area contributed by atoms with Gasteiger partial charge in [0.15, 0.2) is 11.5 Å². The van der Waals surface area contributed by atoms with Crippen LogP contribution in [0.5, 0.6) is 11.5 Å². The number of ether oxygens (including phenoxy) is 1. The van der Waals surface area contributed by atoms with E-state index in [2.05, 4.69) is 10.6 Å². The van der Waals surface area contributed by atoms with Crippen molar-refractivity contribution in [1.82, 2.24) is 10.6 Å². The first kappa shape index (κ1) is 18.6. The molecule has 8 heteroatoms. The zero-order chi connectivity index (χ0) is 19.6. The molecule has 5 N–H and O–H groups in total. The van der Waals surface area contributed by atoms with Crippen molar-refractivity contribution in [3.8, 4) is 11.5 Å². The van der Waals surface area contributed by atoms with Crippen molar-refractivity contribution >= 4 is 29.2 Å². The van der Waals surface area contributed by atoms with Gasteiger partial charge in [-0.3, -0.25) is 4.79 Å². The first-order valence-corrected chi connectivity index (χ1v) is 8.62. The summed E-state index contributed by atoms with van der Waals surface area (Å²) in [4.78, 5) is 24.5. The highest BCUT2D eigenvalue weighted by molar-refractivity contribution is 6.31. The van der Waals surface area contributed by atoms with E-state index in [0.29, 0.717) is 23.4 Å². The lowest BCUT2D eigenvalue weighted by atomic mass is 9.92. The predicted molar refractivity (Wildman–Crippen MR) is 101 cm³/mol. The highest BCUT2D eigenvalue weighted by Crippen LogP contribution is 2.39. The molecule has 0 saturated carbocycles. The predicted octanol–water partition coefficient (Wildman–Crippen LogP) is 2.69. The summed E-state index contributed by atoms with van der Waals surface area (Å²) in [7, 11) is 0. The Morgan fingerprint density at radius 1 is 1.30 bits per heavy atom. The van der Waals surface area contributed by atoms with Gasteiger partial charge in [-0.1, -0.05) is 41.9 Å². The lowest BCUT2D eigenvalue weighted by Crippen LogP contribution is -2.46. The molecule has 7 nitrogen and oxygen atoms in total. The largest absolute Gasteiger partial charge is 0.504 e. The third kappa shape index (κ3) is 3.68. The van der Waals surface area contributed by atoms with Crippen LogP contribution in [0, 0.1) is 0 Å². The van der Waals surface area contributed by atoms with Gasteiger partial charge in [0.1, 0.15) is 0 Å². The van der Waals surface area contributed by atoms with E-state index >= 15 is 0 Å².